The maximum absolute atomic E-state index is 12.0. The number of para-hydroxylation sites is 1. The highest BCUT2D eigenvalue weighted by Crippen LogP contribution is 2.32. The van der Waals surface area contributed by atoms with Crippen LogP contribution in [0.2, 0.25) is 0 Å². The smallest absolute Gasteiger partial charge is 0.340 e. The van der Waals surface area contributed by atoms with Gasteiger partial charge in [0.1, 0.15) is 0 Å². The van der Waals surface area contributed by atoms with Crippen molar-refractivity contribution in [1.29, 1.82) is 0 Å². The van der Waals surface area contributed by atoms with Gasteiger partial charge in [-0.25, -0.2) is 4.79 Å². The van der Waals surface area contributed by atoms with Crippen molar-refractivity contribution in [3.63, 3.8) is 0 Å². The molecule has 110 valence electrons. The Morgan fingerprint density at radius 2 is 2.10 bits per heavy atom. The molecule has 2 aromatic rings. The molecule has 0 aliphatic carbocycles. The number of halogens is 1. The van der Waals surface area contributed by atoms with Crippen LogP contribution < -0.4 is 11.1 Å². The summed E-state index contributed by atoms with van der Waals surface area (Å²) < 4.78 is 5.97. The van der Waals surface area contributed by atoms with Crippen LogP contribution in [-0.4, -0.2) is 12.6 Å². The van der Waals surface area contributed by atoms with Crippen molar-refractivity contribution in [3.8, 4) is 0 Å². The van der Waals surface area contributed by atoms with Crippen molar-refractivity contribution in [2.75, 3.05) is 17.7 Å². The SMILES string of the molecule is CCOC(=O)c1cccc(N)c1Nc1ccc(C)cc1Br. The minimum Gasteiger partial charge on any atom is -0.462 e. The average molecular weight is 349 g/mol. The van der Waals surface area contributed by atoms with E-state index in [0.717, 1.165) is 15.7 Å². The van der Waals surface area contributed by atoms with E-state index < -0.39 is 5.97 Å². The highest BCUT2D eigenvalue weighted by molar-refractivity contribution is 9.10. The van der Waals surface area contributed by atoms with Gasteiger partial charge in [-0.1, -0.05) is 12.1 Å². The zero-order valence-electron chi connectivity index (χ0n) is 11.9. The second-order valence-corrected chi connectivity index (χ2v) is 5.45. The first-order valence-electron chi connectivity index (χ1n) is 6.61. The topological polar surface area (TPSA) is 64.3 Å². The number of hydrogen-bond acceptors (Lipinski definition) is 4. The second kappa shape index (κ2) is 6.63. The molecule has 3 N–H and O–H groups in total. The standard InChI is InChI=1S/C16H17BrN2O2/c1-3-21-16(20)11-5-4-6-13(18)15(11)19-14-8-7-10(2)9-12(14)17/h4-9,19H,3,18H2,1-2H3. The van der Waals surface area contributed by atoms with E-state index in [1.54, 1.807) is 25.1 Å². The Balaban J connectivity index is 2.41. The number of carbonyl (C=O) groups is 1. The number of nitrogen functional groups attached to an aromatic ring is 1. The zero-order valence-corrected chi connectivity index (χ0v) is 13.5. The number of benzene rings is 2. The second-order valence-electron chi connectivity index (χ2n) is 4.60. The summed E-state index contributed by atoms with van der Waals surface area (Å²) in [7, 11) is 0. The van der Waals surface area contributed by atoms with E-state index in [1.807, 2.05) is 25.1 Å². The molecule has 4 nitrogen and oxygen atoms in total. The molecule has 0 fully saturated rings. The van der Waals surface area contributed by atoms with Crippen molar-refractivity contribution in [2.24, 2.45) is 0 Å². The predicted molar refractivity (Wildman–Crippen MR) is 89.0 cm³/mol. The molecule has 0 unspecified atom stereocenters. The number of aryl methyl sites for hydroxylation is 1. The molecule has 0 aromatic heterocycles. The van der Waals surface area contributed by atoms with Crippen LogP contribution in [0, 0.1) is 6.92 Å². The van der Waals surface area contributed by atoms with Crippen molar-refractivity contribution < 1.29 is 9.53 Å². The van der Waals surface area contributed by atoms with Crippen LogP contribution in [0.15, 0.2) is 40.9 Å². The zero-order chi connectivity index (χ0) is 15.4. The first-order chi connectivity index (χ1) is 10.0. The van der Waals surface area contributed by atoms with E-state index in [0.29, 0.717) is 23.5 Å². The number of esters is 1. The summed E-state index contributed by atoms with van der Waals surface area (Å²) in [5, 5.41) is 3.20. The minimum absolute atomic E-state index is 0.321. The van der Waals surface area contributed by atoms with Gasteiger partial charge in [-0.15, -0.1) is 0 Å². The van der Waals surface area contributed by atoms with Crippen molar-refractivity contribution >= 4 is 39.0 Å². The third-order valence-electron chi connectivity index (χ3n) is 2.98. The summed E-state index contributed by atoms with van der Waals surface area (Å²) in [6.07, 6.45) is 0. The molecule has 0 heterocycles. The Morgan fingerprint density at radius 3 is 2.76 bits per heavy atom. The molecule has 0 aliphatic heterocycles. The molecule has 0 amide bonds. The fourth-order valence-electron chi connectivity index (χ4n) is 1.94. The van der Waals surface area contributed by atoms with E-state index in [4.69, 9.17) is 10.5 Å². The lowest BCUT2D eigenvalue weighted by atomic mass is 10.1. The molecule has 21 heavy (non-hydrogen) atoms. The van der Waals surface area contributed by atoms with Gasteiger partial charge in [0.15, 0.2) is 0 Å². The number of nitrogens with one attached hydrogen (secondary N) is 1. The average Bonchev–Trinajstić information content (AvgIpc) is 2.43. The summed E-state index contributed by atoms with van der Waals surface area (Å²) in [6.45, 7) is 4.10. The van der Waals surface area contributed by atoms with Gasteiger partial charge in [-0.05, 0) is 59.6 Å². The van der Waals surface area contributed by atoms with E-state index in [-0.39, 0.29) is 0 Å². The molecule has 0 bridgehead atoms. The van der Waals surface area contributed by atoms with Crippen LogP contribution in [0.1, 0.15) is 22.8 Å². The van der Waals surface area contributed by atoms with E-state index >= 15 is 0 Å². The monoisotopic (exact) mass is 348 g/mol. The molecule has 0 spiro atoms. The Morgan fingerprint density at radius 1 is 1.33 bits per heavy atom. The summed E-state index contributed by atoms with van der Waals surface area (Å²) in [5.41, 5.74) is 9.44. The van der Waals surface area contributed by atoms with Gasteiger partial charge in [0.2, 0.25) is 0 Å². The fraction of sp³-hybridized carbons (Fsp3) is 0.188. The van der Waals surface area contributed by atoms with Gasteiger partial charge in [0.25, 0.3) is 0 Å². The molecule has 2 rings (SSSR count). The third kappa shape index (κ3) is 3.55. The normalized spacial score (nSPS) is 10.2. The van der Waals surface area contributed by atoms with Crippen LogP contribution in [0.3, 0.4) is 0 Å². The van der Waals surface area contributed by atoms with Crippen molar-refractivity contribution in [1.82, 2.24) is 0 Å². The molecular weight excluding hydrogens is 332 g/mol. The summed E-state index contributed by atoms with van der Waals surface area (Å²) in [5.74, 6) is -0.393. The molecule has 0 aliphatic rings. The summed E-state index contributed by atoms with van der Waals surface area (Å²) >= 11 is 3.50. The Kier molecular flexibility index (Phi) is 4.85. The van der Waals surface area contributed by atoms with Crippen LogP contribution in [0.5, 0.6) is 0 Å². The molecule has 5 heteroatoms. The van der Waals surface area contributed by atoms with Gasteiger partial charge < -0.3 is 15.8 Å². The van der Waals surface area contributed by atoms with Gasteiger partial charge in [-0.3, -0.25) is 0 Å². The number of ether oxygens (including phenoxy) is 1. The molecule has 0 saturated heterocycles. The van der Waals surface area contributed by atoms with Gasteiger partial charge in [-0.2, -0.15) is 0 Å². The highest BCUT2D eigenvalue weighted by atomic mass is 79.9. The Bertz CT molecular complexity index is 671. The first-order valence-corrected chi connectivity index (χ1v) is 7.41. The van der Waals surface area contributed by atoms with E-state index in [2.05, 4.69) is 21.2 Å². The maximum Gasteiger partial charge on any atom is 0.340 e. The van der Waals surface area contributed by atoms with Crippen LogP contribution in [-0.2, 0) is 4.74 Å². The number of nitrogens with two attached hydrogens (primary N) is 1. The molecule has 0 saturated carbocycles. The lowest BCUT2D eigenvalue weighted by molar-refractivity contribution is 0.0527. The lowest BCUT2D eigenvalue weighted by Crippen LogP contribution is -2.09. The quantitative estimate of drug-likeness (QED) is 0.639. The Hall–Kier alpha value is -2.01. The predicted octanol–water partition coefficient (Wildman–Crippen LogP) is 4.26. The first kappa shape index (κ1) is 15.4. The Labute approximate surface area is 132 Å². The molecule has 2 aromatic carbocycles. The largest absolute Gasteiger partial charge is 0.462 e. The molecule has 0 radical (unpaired) electrons. The van der Waals surface area contributed by atoms with E-state index in [1.165, 1.54) is 0 Å². The fourth-order valence-corrected chi connectivity index (χ4v) is 2.54. The summed E-state index contributed by atoms with van der Waals surface area (Å²) in [4.78, 5) is 12.0. The van der Waals surface area contributed by atoms with Gasteiger partial charge in [0, 0.05) is 4.47 Å². The number of hydrogen-bond donors (Lipinski definition) is 2. The number of rotatable bonds is 4. The highest BCUT2D eigenvalue weighted by Gasteiger charge is 2.15. The maximum atomic E-state index is 12.0. The van der Waals surface area contributed by atoms with Crippen molar-refractivity contribution in [2.45, 2.75) is 13.8 Å². The van der Waals surface area contributed by atoms with Crippen LogP contribution >= 0.6 is 15.9 Å². The summed E-state index contributed by atoms with van der Waals surface area (Å²) in [6, 6.07) is 11.1. The third-order valence-corrected chi connectivity index (χ3v) is 3.63. The van der Waals surface area contributed by atoms with Crippen LogP contribution in [0.4, 0.5) is 17.1 Å². The molecule has 0 atom stereocenters. The van der Waals surface area contributed by atoms with Gasteiger partial charge in [0.05, 0.1) is 29.2 Å². The van der Waals surface area contributed by atoms with Crippen molar-refractivity contribution in [3.05, 3.63) is 52.0 Å². The van der Waals surface area contributed by atoms with Gasteiger partial charge >= 0.3 is 5.97 Å². The molecular formula is C16H17BrN2O2. The lowest BCUT2D eigenvalue weighted by Gasteiger charge is -2.15. The van der Waals surface area contributed by atoms with E-state index in [9.17, 15) is 4.79 Å². The van der Waals surface area contributed by atoms with Crippen LogP contribution in [0.25, 0.3) is 0 Å². The minimum atomic E-state index is -0.393. The number of anilines is 3. The number of carbonyl (C=O) groups excluding carboxylic acids is 1.